The van der Waals surface area contributed by atoms with Crippen molar-refractivity contribution >= 4 is 25.8 Å². The van der Waals surface area contributed by atoms with Gasteiger partial charge in [-0.25, -0.2) is 8.42 Å². The molecule has 0 atom stereocenters. The molecule has 2 rings (SSSR count). The Morgan fingerprint density at radius 1 is 1.43 bits per heavy atom. The fraction of sp³-hybridized carbons (Fsp3) is 0.333. The first-order valence-corrected chi connectivity index (χ1v) is 6.57. The number of rotatable bonds is 2. The Hall–Kier alpha value is -0.390. The van der Waals surface area contributed by atoms with Gasteiger partial charge >= 0.3 is 0 Å². The zero-order valence-corrected chi connectivity index (χ0v) is 9.73. The lowest BCUT2D eigenvalue weighted by Gasteiger charge is -2.26. The van der Waals surface area contributed by atoms with Gasteiger partial charge in [0.15, 0.2) is 9.84 Å². The van der Waals surface area contributed by atoms with E-state index in [1.807, 2.05) is 0 Å². The smallest absolute Gasteiger partial charge is 0.184 e. The second-order valence-electron chi connectivity index (χ2n) is 3.19. The molecule has 1 aromatic carbocycles. The molecule has 1 radical (unpaired) electrons. The van der Waals surface area contributed by atoms with Gasteiger partial charge in [-0.15, -0.1) is 0 Å². The molecule has 0 amide bonds. The SMILES string of the molecule is O=S(=O)(c1[c]c(Br)ccc1)C1CNC1. The molecular weight excluding hydrogens is 266 g/mol. The van der Waals surface area contributed by atoms with Crippen LogP contribution in [-0.4, -0.2) is 26.8 Å². The first kappa shape index (κ1) is 10.1. The molecule has 1 saturated heterocycles. The van der Waals surface area contributed by atoms with E-state index in [1.165, 1.54) is 0 Å². The lowest BCUT2D eigenvalue weighted by molar-refractivity contribution is 0.495. The first-order chi connectivity index (χ1) is 6.60. The highest BCUT2D eigenvalue weighted by molar-refractivity contribution is 9.10. The lowest BCUT2D eigenvalue weighted by Crippen LogP contribution is -2.51. The van der Waals surface area contributed by atoms with Gasteiger partial charge < -0.3 is 5.32 Å². The molecule has 1 aliphatic rings. The third kappa shape index (κ3) is 1.71. The van der Waals surface area contributed by atoms with Gasteiger partial charge in [0.05, 0.1) is 10.1 Å². The normalized spacial score (nSPS) is 17.8. The molecule has 75 valence electrons. The number of nitrogens with one attached hydrogen (secondary N) is 1. The average molecular weight is 275 g/mol. The van der Waals surface area contributed by atoms with Gasteiger partial charge in [-0.2, -0.15) is 0 Å². The van der Waals surface area contributed by atoms with Crippen LogP contribution in [0.3, 0.4) is 0 Å². The maximum absolute atomic E-state index is 11.9. The molecule has 1 fully saturated rings. The second-order valence-corrected chi connectivity index (χ2v) is 6.24. The van der Waals surface area contributed by atoms with E-state index in [0.717, 1.165) is 0 Å². The van der Waals surface area contributed by atoms with Crippen LogP contribution in [0.1, 0.15) is 0 Å². The molecule has 0 aromatic heterocycles. The lowest BCUT2D eigenvalue weighted by atomic mass is 10.3. The molecule has 0 spiro atoms. The molecule has 0 unspecified atom stereocenters. The Bertz CT molecular complexity index is 440. The second kappa shape index (κ2) is 3.64. The van der Waals surface area contributed by atoms with Gasteiger partial charge in [0.2, 0.25) is 0 Å². The molecular formula is C9H9BrNO2S. The van der Waals surface area contributed by atoms with Crippen molar-refractivity contribution in [3.8, 4) is 0 Å². The predicted octanol–water partition coefficient (Wildman–Crippen LogP) is 0.995. The van der Waals surface area contributed by atoms with E-state index >= 15 is 0 Å². The molecule has 5 heteroatoms. The van der Waals surface area contributed by atoms with E-state index in [2.05, 4.69) is 27.3 Å². The van der Waals surface area contributed by atoms with Crippen molar-refractivity contribution in [2.45, 2.75) is 10.1 Å². The van der Waals surface area contributed by atoms with E-state index < -0.39 is 9.84 Å². The van der Waals surface area contributed by atoms with Crippen LogP contribution >= 0.6 is 15.9 Å². The molecule has 1 heterocycles. The van der Waals surface area contributed by atoms with Crippen LogP contribution in [0.25, 0.3) is 0 Å². The van der Waals surface area contributed by atoms with Crippen LogP contribution in [0, 0.1) is 6.07 Å². The number of benzene rings is 1. The third-order valence-electron chi connectivity index (χ3n) is 2.22. The van der Waals surface area contributed by atoms with Crippen LogP contribution in [0.2, 0.25) is 0 Å². The van der Waals surface area contributed by atoms with E-state index in [0.29, 0.717) is 17.6 Å². The fourth-order valence-electron chi connectivity index (χ4n) is 1.25. The number of sulfone groups is 1. The highest BCUT2D eigenvalue weighted by atomic mass is 79.9. The standard InChI is InChI=1S/C9H9BrNO2S/c10-7-2-1-3-8(4-7)14(12,13)9-5-11-6-9/h1-3,9,11H,5-6H2. The zero-order valence-electron chi connectivity index (χ0n) is 7.33. The van der Waals surface area contributed by atoms with Gasteiger partial charge in [0.25, 0.3) is 0 Å². The molecule has 0 aliphatic carbocycles. The molecule has 3 nitrogen and oxygen atoms in total. The van der Waals surface area contributed by atoms with Crippen LogP contribution in [0.15, 0.2) is 27.6 Å². The van der Waals surface area contributed by atoms with E-state index in [9.17, 15) is 8.42 Å². The van der Waals surface area contributed by atoms with Gasteiger partial charge in [-0.1, -0.05) is 22.0 Å². The highest BCUT2D eigenvalue weighted by Gasteiger charge is 2.32. The Balaban J connectivity index is 2.38. The number of hydrogen-bond acceptors (Lipinski definition) is 3. The van der Waals surface area contributed by atoms with E-state index in [4.69, 9.17) is 0 Å². The number of hydrogen-bond donors (Lipinski definition) is 1. The largest absolute Gasteiger partial charge is 0.314 e. The van der Waals surface area contributed by atoms with Crippen LogP contribution in [0.5, 0.6) is 0 Å². The van der Waals surface area contributed by atoms with Crippen molar-refractivity contribution in [1.82, 2.24) is 5.32 Å². The first-order valence-electron chi connectivity index (χ1n) is 4.23. The van der Waals surface area contributed by atoms with Crippen molar-refractivity contribution < 1.29 is 8.42 Å². The summed E-state index contributed by atoms with van der Waals surface area (Å²) in [5.41, 5.74) is 0. The Morgan fingerprint density at radius 3 is 2.64 bits per heavy atom. The number of halogens is 1. The maximum atomic E-state index is 11.9. The zero-order chi connectivity index (χ0) is 10.2. The summed E-state index contributed by atoms with van der Waals surface area (Å²) in [6.07, 6.45) is 0. The predicted molar refractivity (Wildman–Crippen MR) is 56.8 cm³/mol. The summed E-state index contributed by atoms with van der Waals surface area (Å²) >= 11 is 3.21. The summed E-state index contributed by atoms with van der Waals surface area (Å²) < 4.78 is 24.4. The molecule has 1 N–H and O–H groups in total. The fourth-order valence-corrected chi connectivity index (χ4v) is 3.30. The Morgan fingerprint density at radius 2 is 2.14 bits per heavy atom. The van der Waals surface area contributed by atoms with Crippen LogP contribution in [0.4, 0.5) is 0 Å². The summed E-state index contributed by atoms with van der Waals surface area (Å²) in [6.45, 7) is 1.09. The van der Waals surface area contributed by atoms with Crippen LogP contribution < -0.4 is 5.32 Å². The molecule has 1 aliphatic heterocycles. The van der Waals surface area contributed by atoms with Crippen molar-refractivity contribution in [2.75, 3.05) is 13.1 Å². The van der Waals surface area contributed by atoms with E-state index in [-0.39, 0.29) is 10.1 Å². The molecule has 0 bridgehead atoms. The quantitative estimate of drug-likeness (QED) is 0.875. The minimum Gasteiger partial charge on any atom is -0.314 e. The Labute approximate surface area is 91.6 Å². The summed E-state index contributed by atoms with van der Waals surface area (Å²) in [4.78, 5) is 0.276. The summed E-state index contributed by atoms with van der Waals surface area (Å²) in [6, 6.07) is 7.85. The minimum atomic E-state index is -3.17. The summed E-state index contributed by atoms with van der Waals surface area (Å²) in [5.74, 6) is 0. The minimum absolute atomic E-state index is 0.276. The topological polar surface area (TPSA) is 46.2 Å². The highest BCUT2D eigenvalue weighted by Crippen LogP contribution is 2.21. The van der Waals surface area contributed by atoms with Gasteiger partial charge in [-0.3, -0.25) is 0 Å². The summed E-state index contributed by atoms with van der Waals surface area (Å²) in [5, 5.41) is 2.66. The average Bonchev–Trinajstić information content (AvgIpc) is 2.00. The van der Waals surface area contributed by atoms with Crippen molar-refractivity contribution in [1.29, 1.82) is 0 Å². The van der Waals surface area contributed by atoms with Crippen molar-refractivity contribution in [2.24, 2.45) is 0 Å². The van der Waals surface area contributed by atoms with Crippen molar-refractivity contribution in [3.05, 3.63) is 28.7 Å². The third-order valence-corrected chi connectivity index (χ3v) is 4.75. The van der Waals surface area contributed by atoms with Gasteiger partial charge in [0, 0.05) is 23.6 Å². The Kier molecular flexibility index (Phi) is 2.64. The molecule has 0 saturated carbocycles. The summed E-state index contributed by atoms with van der Waals surface area (Å²) in [7, 11) is -3.17. The van der Waals surface area contributed by atoms with E-state index in [1.54, 1.807) is 18.2 Å². The monoisotopic (exact) mass is 274 g/mol. The molecule has 1 aromatic rings. The molecule has 14 heavy (non-hydrogen) atoms. The van der Waals surface area contributed by atoms with Gasteiger partial charge in [-0.05, 0) is 12.1 Å². The van der Waals surface area contributed by atoms with Crippen molar-refractivity contribution in [3.63, 3.8) is 0 Å². The van der Waals surface area contributed by atoms with Crippen LogP contribution in [-0.2, 0) is 9.84 Å². The van der Waals surface area contributed by atoms with Gasteiger partial charge in [0.1, 0.15) is 0 Å². The maximum Gasteiger partial charge on any atom is 0.184 e.